The highest BCUT2D eigenvalue weighted by Gasteiger charge is 2.26. The Morgan fingerprint density at radius 3 is 2.71 bits per heavy atom. The summed E-state index contributed by atoms with van der Waals surface area (Å²) in [5.41, 5.74) is -0.239. The van der Waals surface area contributed by atoms with Gasteiger partial charge in [0.25, 0.3) is 0 Å². The van der Waals surface area contributed by atoms with Crippen LogP contribution in [0.2, 0.25) is 0 Å². The first kappa shape index (κ1) is 15.5. The van der Waals surface area contributed by atoms with E-state index >= 15 is 0 Å². The van der Waals surface area contributed by atoms with Gasteiger partial charge in [0.2, 0.25) is 5.91 Å². The van der Waals surface area contributed by atoms with Gasteiger partial charge in [-0.15, -0.1) is 0 Å². The predicted molar refractivity (Wildman–Crippen MR) is 77.8 cm³/mol. The molecule has 4 nitrogen and oxygen atoms in total. The van der Waals surface area contributed by atoms with E-state index in [1.54, 1.807) is 18.7 Å². The fraction of sp³-hybridized carbons (Fsp3) is 0.500. The number of anilines is 1. The zero-order valence-electron chi connectivity index (χ0n) is 12.6. The molecule has 114 valence electrons. The van der Waals surface area contributed by atoms with Crippen LogP contribution in [-0.4, -0.2) is 24.0 Å². The maximum atomic E-state index is 13.9. The van der Waals surface area contributed by atoms with Crippen LogP contribution in [0.15, 0.2) is 18.2 Å². The lowest BCUT2D eigenvalue weighted by atomic mass is 10.1. The van der Waals surface area contributed by atoms with E-state index in [4.69, 9.17) is 4.74 Å². The number of ether oxygens (including phenoxy) is 1. The number of amides is 1. The van der Waals surface area contributed by atoms with Gasteiger partial charge in [-0.1, -0.05) is 6.92 Å². The highest BCUT2D eigenvalue weighted by Crippen LogP contribution is 2.25. The second-order valence-corrected chi connectivity index (χ2v) is 5.82. The monoisotopic (exact) mass is 293 g/mol. The molecule has 0 aliphatic carbocycles. The number of halogens is 1. The van der Waals surface area contributed by atoms with E-state index in [1.165, 1.54) is 18.2 Å². The van der Waals surface area contributed by atoms with Crippen molar-refractivity contribution in [2.45, 2.75) is 45.6 Å². The van der Waals surface area contributed by atoms with Crippen LogP contribution < -0.4 is 4.90 Å². The van der Waals surface area contributed by atoms with Crippen molar-refractivity contribution in [3.05, 3.63) is 29.6 Å². The average molecular weight is 293 g/mol. The summed E-state index contributed by atoms with van der Waals surface area (Å²) in [4.78, 5) is 25.4. The Balaban J connectivity index is 2.27. The van der Waals surface area contributed by atoms with Gasteiger partial charge in [-0.2, -0.15) is 0 Å². The van der Waals surface area contributed by atoms with Gasteiger partial charge in [-0.05, 0) is 44.9 Å². The fourth-order valence-electron chi connectivity index (χ4n) is 2.14. The Bertz CT molecular complexity index is 569. The summed E-state index contributed by atoms with van der Waals surface area (Å²) in [6, 6.07) is 4.11. The van der Waals surface area contributed by atoms with Gasteiger partial charge >= 0.3 is 5.97 Å². The zero-order valence-corrected chi connectivity index (χ0v) is 12.6. The molecule has 1 aromatic carbocycles. The molecule has 0 bridgehead atoms. The maximum Gasteiger partial charge on any atom is 0.341 e. The van der Waals surface area contributed by atoms with E-state index in [0.29, 0.717) is 25.1 Å². The fourth-order valence-corrected chi connectivity index (χ4v) is 2.14. The Kier molecular flexibility index (Phi) is 4.30. The van der Waals surface area contributed by atoms with Crippen LogP contribution >= 0.6 is 0 Å². The van der Waals surface area contributed by atoms with Gasteiger partial charge in [0, 0.05) is 18.7 Å². The predicted octanol–water partition coefficient (Wildman–Crippen LogP) is 3.30. The van der Waals surface area contributed by atoms with Crippen molar-refractivity contribution >= 4 is 17.6 Å². The molecular formula is C16H20FNO3. The van der Waals surface area contributed by atoms with Crippen LogP contribution in [0.4, 0.5) is 10.1 Å². The normalized spacial score (nSPS) is 15.4. The Labute approximate surface area is 123 Å². The van der Waals surface area contributed by atoms with Crippen molar-refractivity contribution in [3.63, 3.8) is 0 Å². The Hall–Kier alpha value is -1.91. The van der Waals surface area contributed by atoms with Gasteiger partial charge in [0.1, 0.15) is 11.4 Å². The third-order valence-corrected chi connectivity index (χ3v) is 3.78. The Morgan fingerprint density at radius 1 is 1.43 bits per heavy atom. The molecule has 1 aromatic rings. The summed E-state index contributed by atoms with van der Waals surface area (Å²) in [5, 5.41) is 0. The summed E-state index contributed by atoms with van der Waals surface area (Å²) in [7, 11) is 0. The lowest BCUT2D eigenvalue weighted by Gasteiger charge is -2.24. The summed E-state index contributed by atoms with van der Waals surface area (Å²) >= 11 is 0. The summed E-state index contributed by atoms with van der Waals surface area (Å²) < 4.78 is 19.2. The lowest BCUT2D eigenvalue weighted by Crippen LogP contribution is -2.28. The first-order valence-corrected chi connectivity index (χ1v) is 7.17. The van der Waals surface area contributed by atoms with E-state index in [9.17, 15) is 14.0 Å². The standard InChI is InChI=1S/C16H20FNO3/c1-4-16(2,3)21-15(20)12-10-11(7-8-13(12)17)18-9-5-6-14(18)19/h7-8,10H,4-6,9H2,1-3H3. The summed E-state index contributed by atoms with van der Waals surface area (Å²) in [6.07, 6.45) is 1.89. The van der Waals surface area contributed by atoms with Crippen LogP contribution in [0.3, 0.4) is 0 Å². The van der Waals surface area contributed by atoms with E-state index in [-0.39, 0.29) is 11.5 Å². The van der Waals surface area contributed by atoms with E-state index in [2.05, 4.69) is 0 Å². The summed E-state index contributed by atoms with van der Waals surface area (Å²) in [6.45, 7) is 6.04. The molecule has 0 unspecified atom stereocenters. The van der Waals surface area contributed by atoms with Gasteiger partial charge < -0.3 is 9.64 Å². The molecule has 1 heterocycles. The smallest absolute Gasteiger partial charge is 0.341 e. The zero-order chi connectivity index (χ0) is 15.6. The number of benzene rings is 1. The van der Waals surface area contributed by atoms with Gasteiger partial charge in [0.05, 0.1) is 5.56 Å². The Morgan fingerprint density at radius 2 is 2.14 bits per heavy atom. The van der Waals surface area contributed by atoms with Crippen molar-refractivity contribution in [1.29, 1.82) is 0 Å². The molecule has 0 spiro atoms. The lowest BCUT2D eigenvalue weighted by molar-refractivity contribution is -0.117. The van der Waals surface area contributed by atoms with Crippen molar-refractivity contribution < 1.29 is 18.7 Å². The van der Waals surface area contributed by atoms with Crippen LogP contribution in [0.5, 0.6) is 0 Å². The second-order valence-electron chi connectivity index (χ2n) is 5.82. The molecule has 0 saturated carbocycles. The van der Waals surface area contributed by atoms with Gasteiger partial charge in [-0.25, -0.2) is 9.18 Å². The van der Waals surface area contributed by atoms with Crippen molar-refractivity contribution in [3.8, 4) is 0 Å². The number of rotatable bonds is 4. The number of nitrogens with zero attached hydrogens (tertiary/aromatic N) is 1. The maximum absolute atomic E-state index is 13.9. The largest absolute Gasteiger partial charge is 0.456 e. The second kappa shape index (κ2) is 5.84. The first-order chi connectivity index (χ1) is 9.84. The number of carbonyl (C=O) groups is 2. The minimum Gasteiger partial charge on any atom is -0.456 e. The quantitative estimate of drug-likeness (QED) is 0.800. The molecule has 2 rings (SSSR count). The molecule has 1 aliphatic heterocycles. The molecule has 0 N–H and O–H groups in total. The molecule has 0 atom stereocenters. The molecule has 0 aromatic heterocycles. The van der Waals surface area contributed by atoms with Gasteiger partial charge in [0.15, 0.2) is 0 Å². The minimum absolute atomic E-state index is 0.00480. The molecule has 5 heteroatoms. The number of carbonyl (C=O) groups excluding carboxylic acids is 2. The topological polar surface area (TPSA) is 46.6 Å². The van der Waals surface area contributed by atoms with Gasteiger partial charge in [-0.3, -0.25) is 4.79 Å². The summed E-state index contributed by atoms with van der Waals surface area (Å²) in [5.74, 6) is -1.34. The number of hydrogen-bond acceptors (Lipinski definition) is 3. The van der Waals surface area contributed by atoms with Crippen molar-refractivity contribution in [2.24, 2.45) is 0 Å². The molecule has 1 aliphatic rings. The van der Waals surface area contributed by atoms with Crippen molar-refractivity contribution in [2.75, 3.05) is 11.4 Å². The first-order valence-electron chi connectivity index (χ1n) is 7.17. The van der Waals surface area contributed by atoms with Crippen LogP contribution in [0, 0.1) is 5.82 Å². The molecule has 1 fully saturated rings. The molecule has 21 heavy (non-hydrogen) atoms. The highest BCUT2D eigenvalue weighted by molar-refractivity contribution is 5.97. The minimum atomic E-state index is -0.701. The highest BCUT2D eigenvalue weighted by atomic mass is 19.1. The third kappa shape index (κ3) is 3.40. The van der Waals surface area contributed by atoms with Crippen LogP contribution in [0.1, 0.15) is 50.4 Å². The SMILES string of the molecule is CCC(C)(C)OC(=O)c1cc(N2CCCC2=O)ccc1F. The molecule has 1 saturated heterocycles. The van der Waals surface area contributed by atoms with E-state index in [1.807, 2.05) is 6.92 Å². The number of esters is 1. The van der Waals surface area contributed by atoms with Crippen LogP contribution in [-0.2, 0) is 9.53 Å². The van der Waals surface area contributed by atoms with Crippen molar-refractivity contribution in [1.82, 2.24) is 0 Å². The number of hydrogen-bond donors (Lipinski definition) is 0. The average Bonchev–Trinajstić information content (AvgIpc) is 2.85. The third-order valence-electron chi connectivity index (χ3n) is 3.78. The van der Waals surface area contributed by atoms with E-state index < -0.39 is 17.4 Å². The molecular weight excluding hydrogens is 273 g/mol. The molecule has 0 radical (unpaired) electrons. The molecule has 1 amide bonds. The van der Waals surface area contributed by atoms with E-state index in [0.717, 1.165) is 6.42 Å². The van der Waals surface area contributed by atoms with Crippen LogP contribution in [0.25, 0.3) is 0 Å².